The summed E-state index contributed by atoms with van der Waals surface area (Å²) in [4.78, 5) is 11.6. The SMILES string of the molecule is CC(C)NC(C)/C=[N+](\[O-])C(C)C(=O)C(C)C. The summed E-state index contributed by atoms with van der Waals surface area (Å²) in [6.45, 7) is 11.2. The lowest BCUT2D eigenvalue weighted by Crippen LogP contribution is -2.39. The van der Waals surface area contributed by atoms with Crippen LogP contribution in [0.2, 0.25) is 0 Å². The molecule has 0 spiro atoms. The van der Waals surface area contributed by atoms with E-state index >= 15 is 0 Å². The number of carbonyl (C=O) groups excluding carboxylic acids is 1. The first-order chi connectivity index (χ1) is 7.25. The zero-order valence-corrected chi connectivity index (χ0v) is 11.2. The highest BCUT2D eigenvalue weighted by molar-refractivity contribution is 5.84. The van der Waals surface area contributed by atoms with Crippen LogP contribution in [0.25, 0.3) is 0 Å². The zero-order chi connectivity index (χ0) is 12.9. The van der Waals surface area contributed by atoms with Crippen LogP contribution in [0.5, 0.6) is 0 Å². The Morgan fingerprint density at radius 3 is 2.06 bits per heavy atom. The van der Waals surface area contributed by atoms with E-state index in [9.17, 15) is 10.0 Å². The van der Waals surface area contributed by atoms with E-state index in [2.05, 4.69) is 5.32 Å². The van der Waals surface area contributed by atoms with E-state index in [-0.39, 0.29) is 17.7 Å². The molecule has 0 rings (SSSR count). The van der Waals surface area contributed by atoms with E-state index in [0.29, 0.717) is 6.04 Å². The van der Waals surface area contributed by atoms with Crippen molar-refractivity contribution >= 4 is 12.0 Å². The van der Waals surface area contributed by atoms with Gasteiger partial charge >= 0.3 is 0 Å². The first-order valence-electron chi connectivity index (χ1n) is 5.86. The van der Waals surface area contributed by atoms with Gasteiger partial charge in [0.15, 0.2) is 6.21 Å². The van der Waals surface area contributed by atoms with Gasteiger partial charge in [0.25, 0.3) is 0 Å². The molecule has 94 valence electrons. The number of Topliss-reactive ketones (excluding diaryl/α,β-unsaturated/α-hetero) is 1. The Hall–Kier alpha value is -0.900. The van der Waals surface area contributed by atoms with Crippen LogP contribution in [0.4, 0.5) is 0 Å². The summed E-state index contributed by atoms with van der Waals surface area (Å²) in [5.41, 5.74) is 0. The van der Waals surface area contributed by atoms with Crippen molar-refractivity contribution in [1.29, 1.82) is 0 Å². The van der Waals surface area contributed by atoms with Crippen LogP contribution in [-0.2, 0) is 4.79 Å². The summed E-state index contributed by atoms with van der Waals surface area (Å²) < 4.78 is 0.752. The lowest BCUT2D eigenvalue weighted by molar-refractivity contribution is -0.479. The molecule has 0 aliphatic carbocycles. The van der Waals surface area contributed by atoms with Gasteiger partial charge in [-0.05, 0) is 6.92 Å². The summed E-state index contributed by atoms with van der Waals surface area (Å²) in [6, 6.07) is -0.313. The van der Waals surface area contributed by atoms with Crippen LogP contribution < -0.4 is 5.32 Å². The van der Waals surface area contributed by atoms with Crippen molar-refractivity contribution < 1.29 is 9.53 Å². The second-order valence-corrected chi connectivity index (χ2v) is 4.85. The third-order valence-corrected chi connectivity index (χ3v) is 2.33. The Bertz CT molecular complexity index is 260. The molecule has 0 radical (unpaired) electrons. The van der Waals surface area contributed by atoms with E-state index in [0.717, 1.165) is 4.74 Å². The van der Waals surface area contributed by atoms with Crippen molar-refractivity contribution in [2.75, 3.05) is 0 Å². The second kappa shape index (κ2) is 6.63. The number of hydrogen-bond acceptors (Lipinski definition) is 3. The van der Waals surface area contributed by atoms with Gasteiger partial charge < -0.3 is 10.5 Å². The lowest BCUT2D eigenvalue weighted by Gasteiger charge is -2.17. The third kappa shape index (κ3) is 5.26. The Morgan fingerprint density at radius 2 is 1.69 bits per heavy atom. The van der Waals surface area contributed by atoms with E-state index in [1.54, 1.807) is 6.92 Å². The van der Waals surface area contributed by atoms with Gasteiger partial charge in [0.2, 0.25) is 11.8 Å². The van der Waals surface area contributed by atoms with Gasteiger partial charge in [-0.15, -0.1) is 0 Å². The molecule has 0 amide bonds. The maximum absolute atomic E-state index is 11.7. The number of carbonyl (C=O) groups is 1. The molecule has 0 fully saturated rings. The largest absolute Gasteiger partial charge is 0.623 e. The van der Waals surface area contributed by atoms with Gasteiger partial charge in [0.1, 0.15) is 0 Å². The summed E-state index contributed by atoms with van der Waals surface area (Å²) in [5, 5.41) is 14.9. The van der Waals surface area contributed by atoms with Crippen molar-refractivity contribution in [3.05, 3.63) is 5.21 Å². The summed E-state index contributed by atoms with van der Waals surface area (Å²) >= 11 is 0. The van der Waals surface area contributed by atoms with Crippen LogP contribution in [0.15, 0.2) is 0 Å². The quantitative estimate of drug-likeness (QED) is 0.325. The molecule has 0 aliphatic rings. The minimum atomic E-state index is -0.601. The van der Waals surface area contributed by atoms with Gasteiger partial charge in [-0.2, -0.15) is 0 Å². The topological polar surface area (TPSA) is 55.2 Å². The fourth-order valence-corrected chi connectivity index (χ4v) is 1.53. The maximum Gasteiger partial charge on any atom is 0.218 e. The Morgan fingerprint density at radius 1 is 1.19 bits per heavy atom. The molecule has 16 heavy (non-hydrogen) atoms. The first-order valence-corrected chi connectivity index (χ1v) is 5.86. The average molecular weight is 228 g/mol. The number of rotatable bonds is 6. The fourth-order valence-electron chi connectivity index (χ4n) is 1.53. The minimum absolute atomic E-state index is 0.0250. The normalized spacial score (nSPS) is 16.6. The van der Waals surface area contributed by atoms with E-state index in [4.69, 9.17) is 0 Å². The van der Waals surface area contributed by atoms with Crippen LogP contribution in [0.1, 0.15) is 41.5 Å². The molecule has 0 heterocycles. The molecule has 0 aromatic carbocycles. The van der Waals surface area contributed by atoms with Crippen molar-refractivity contribution in [1.82, 2.24) is 5.32 Å². The standard InChI is InChI=1S/C12H24N2O2/c1-8(2)12(15)11(6)14(16)7-10(5)13-9(3)4/h7-11,13H,1-6H3/b14-7-. The highest BCUT2D eigenvalue weighted by Gasteiger charge is 2.23. The van der Waals surface area contributed by atoms with Crippen molar-refractivity contribution in [2.45, 2.75) is 59.7 Å². The van der Waals surface area contributed by atoms with Gasteiger partial charge in [-0.3, -0.25) is 4.79 Å². The molecule has 1 N–H and O–H groups in total. The highest BCUT2D eigenvalue weighted by atomic mass is 16.5. The monoisotopic (exact) mass is 228 g/mol. The molecule has 0 saturated carbocycles. The summed E-state index contributed by atoms with van der Waals surface area (Å²) in [6.07, 6.45) is 1.52. The van der Waals surface area contributed by atoms with Crippen LogP contribution >= 0.6 is 0 Å². The minimum Gasteiger partial charge on any atom is -0.623 e. The van der Waals surface area contributed by atoms with Crippen molar-refractivity contribution in [2.24, 2.45) is 5.92 Å². The van der Waals surface area contributed by atoms with Crippen LogP contribution in [0.3, 0.4) is 0 Å². The molecule has 0 aromatic rings. The van der Waals surface area contributed by atoms with Gasteiger partial charge in [-0.25, -0.2) is 4.74 Å². The Labute approximate surface area is 98.3 Å². The predicted molar refractivity (Wildman–Crippen MR) is 66.7 cm³/mol. The van der Waals surface area contributed by atoms with Gasteiger partial charge in [-0.1, -0.05) is 27.7 Å². The average Bonchev–Trinajstić information content (AvgIpc) is 2.13. The molecule has 2 unspecified atom stereocenters. The Kier molecular flexibility index (Phi) is 6.26. The molecule has 0 aromatic heterocycles. The van der Waals surface area contributed by atoms with Crippen molar-refractivity contribution in [3.63, 3.8) is 0 Å². The molecular weight excluding hydrogens is 204 g/mol. The lowest BCUT2D eigenvalue weighted by atomic mass is 10.0. The number of ketones is 1. The molecular formula is C12H24N2O2. The molecule has 2 atom stereocenters. The summed E-state index contributed by atoms with van der Waals surface area (Å²) in [5.74, 6) is -0.129. The number of nitrogens with zero attached hydrogens (tertiary/aromatic N) is 1. The van der Waals surface area contributed by atoms with Gasteiger partial charge in [0.05, 0.1) is 6.04 Å². The first kappa shape index (κ1) is 15.1. The smallest absolute Gasteiger partial charge is 0.218 e. The number of nitrogens with one attached hydrogen (secondary N) is 1. The summed E-state index contributed by atoms with van der Waals surface area (Å²) in [7, 11) is 0. The van der Waals surface area contributed by atoms with Crippen LogP contribution in [-0.4, -0.2) is 34.9 Å². The zero-order valence-electron chi connectivity index (χ0n) is 11.2. The molecule has 0 aliphatic heterocycles. The third-order valence-electron chi connectivity index (χ3n) is 2.33. The Balaban J connectivity index is 4.47. The van der Waals surface area contributed by atoms with E-state index in [1.807, 2.05) is 34.6 Å². The van der Waals surface area contributed by atoms with E-state index in [1.165, 1.54) is 6.21 Å². The van der Waals surface area contributed by atoms with E-state index < -0.39 is 6.04 Å². The van der Waals surface area contributed by atoms with Crippen LogP contribution in [0, 0.1) is 11.1 Å². The van der Waals surface area contributed by atoms with Crippen molar-refractivity contribution in [3.8, 4) is 0 Å². The molecule has 4 nitrogen and oxygen atoms in total. The molecule has 0 saturated heterocycles. The predicted octanol–water partition coefficient (Wildman–Crippen LogP) is 1.57. The second-order valence-electron chi connectivity index (χ2n) is 4.85. The fraction of sp³-hybridized carbons (Fsp3) is 0.833. The van der Waals surface area contributed by atoms with Gasteiger partial charge in [0, 0.05) is 18.9 Å². The number of hydrogen-bond donors (Lipinski definition) is 1. The number of hydroxylamine groups is 1. The molecule has 4 heteroatoms. The maximum atomic E-state index is 11.7. The molecule has 0 bridgehead atoms. The highest BCUT2D eigenvalue weighted by Crippen LogP contribution is 2.02.